The third kappa shape index (κ3) is 2.52. The van der Waals surface area contributed by atoms with Crippen molar-refractivity contribution >= 4 is 5.69 Å². The molecule has 0 radical (unpaired) electrons. The van der Waals surface area contributed by atoms with Gasteiger partial charge in [0.15, 0.2) is 0 Å². The zero-order valence-electron chi connectivity index (χ0n) is 12.7. The van der Waals surface area contributed by atoms with Crippen LogP contribution < -0.4 is 9.75 Å². The van der Waals surface area contributed by atoms with Crippen molar-refractivity contribution in [1.29, 1.82) is 0 Å². The molecule has 0 saturated carbocycles. The van der Waals surface area contributed by atoms with Crippen LogP contribution in [0.3, 0.4) is 0 Å². The van der Waals surface area contributed by atoms with Gasteiger partial charge in [-0.3, -0.25) is 5.01 Å². The lowest BCUT2D eigenvalue weighted by molar-refractivity contribution is 0.265. The van der Waals surface area contributed by atoms with Gasteiger partial charge in [-0.05, 0) is 38.1 Å². The van der Waals surface area contributed by atoms with Crippen molar-refractivity contribution < 1.29 is 4.74 Å². The topological polar surface area (TPSA) is 15.7 Å². The lowest BCUT2D eigenvalue weighted by Crippen LogP contribution is -2.38. The summed E-state index contributed by atoms with van der Waals surface area (Å²) in [5, 5.41) is 4.39. The average molecular weight is 280 g/mol. The lowest BCUT2D eigenvalue weighted by atomic mass is 10.2. The quantitative estimate of drug-likeness (QED) is 0.843. The number of rotatable bonds is 3. The van der Waals surface area contributed by atoms with Crippen molar-refractivity contribution in [3.63, 3.8) is 0 Å². The fourth-order valence-corrected chi connectivity index (χ4v) is 2.71. The standard InChI is InChI=1S/C18H20N2O/c1-14-18(21-17-12-8-5-9-13-17)15(2)20(19(14)3)16-10-6-4-7-11-16/h4-14H,1-3H3. The Hall–Kier alpha value is -2.26. The molecular weight excluding hydrogens is 260 g/mol. The zero-order chi connectivity index (χ0) is 14.8. The first-order valence-electron chi connectivity index (χ1n) is 7.20. The van der Waals surface area contributed by atoms with E-state index in [1.165, 1.54) is 0 Å². The molecular formula is C18H20N2O. The SMILES string of the molecule is CC1=C(Oc2ccccc2)C(C)N(C)N1c1ccccc1. The number of hydrogen-bond donors (Lipinski definition) is 0. The van der Waals surface area contributed by atoms with E-state index in [0.717, 1.165) is 22.9 Å². The molecule has 0 bridgehead atoms. The van der Waals surface area contributed by atoms with Gasteiger partial charge < -0.3 is 4.74 Å². The highest BCUT2D eigenvalue weighted by molar-refractivity contribution is 5.53. The van der Waals surface area contributed by atoms with Crippen LogP contribution in [0.1, 0.15) is 13.8 Å². The van der Waals surface area contributed by atoms with Gasteiger partial charge in [0.25, 0.3) is 0 Å². The van der Waals surface area contributed by atoms with Crippen LogP contribution in [0, 0.1) is 0 Å². The van der Waals surface area contributed by atoms with Gasteiger partial charge in [0.2, 0.25) is 0 Å². The summed E-state index contributed by atoms with van der Waals surface area (Å²) in [5.41, 5.74) is 2.27. The normalized spacial score (nSPS) is 19.2. The number of hydrogen-bond acceptors (Lipinski definition) is 3. The lowest BCUT2D eigenvalue weighted by Gasteiger charge is -2.29. The number of anilines is 1. The first-order chi connectivity index (χ1) is 10.2. The van der Waals surface area contributed by atoms with Crippen LogP contribution >= 0.6 is 0 Å². The first-order valence-corrected chi connectivity index (χ1v) is 7.20. The predicted molar refractivity (Wildman–Crippen MR) is 85.9 cm³/mol. The van der Waals surface area contributed by atoms with Gasteiger partial charge in [-0.25, -0.2) is 5.01 Å². The molecule has 0 N–H and O–H groups in total. The highest BCUT2D eigenvalue weighted by atomic mass is 16.5. The third-order valence-electron chi connectivity index (χ3n) is 3.90. The van der Waals surface area contributed by atoms with Crippen molar-refractivity contribution in [1.82, 2.24) is 5.01 Å². The zero-order valence-corrected chi connectivity index (χ0v) is 12.7. The molecule has 0 aliphatic carbocycles. The maximum absolute atomic E-state index is 6.12. The Bertz CT molecular complexity index is 637. The van der Waals surface area contributed by atoms with Crippen LogP contribution in [0.25, 0.3) is 0 Å². The van der Waals surface area contributed by atoms with Gasteiger partial charge in [-0.2, -0.15) is 0 Å². The Morgan fingerprint density at radius 1 is 0.905 bits per heavy atom. The minimum Gasteiger partial charge on any atom is -0.458 e. The molecule has 1 atom stereocenters. The summed E-state index contributed by atoms with van der Waals surface area (Å²) in [7, 11) is 2.09. The second kappa shape index (κ2) is 5.62. The maximum Gasteiger partial charge on any atom is 0.143 e. The van der Waals surface area contributed by atoms with E-state index in [0.29, 0.717) is 0 Å². The van der Waals surface area contributed by atoms with E-state index < -0.39 is 0 Å². The molecule has 3 heteroatoms. The van der Waals surface area contributed by atoms with E-state index >= 15 is 0 Å². The molecule has 2 aromatic rings. The summed E-state index contributed by atoms with van der Waals surface area (Å²) in [6, 6.07) is 20.5. The molecule has 108 valence electrons. The van der Waals surface area contributed by atoms with Gasteiger partial charge in [-0.1, -0.05) is 36.4 Å². The summed E-state index contributed by atoms with van der Waals surface area (Å²) in [4.78, 5) is 0. The molecule has 1 heterocycles. The molecule has 0 spiro atoms. The monoisotopic (exact) mass is 280 g/mol. The molecule has 21 heavy (non-hydrogen) atoms. The van der Waals surface area contributed by atoms with Crippen LogP contribution in [0.4, 0.5) is 5.69 Å². The fraction of sp³-hybridized carbons (Fsp3) is 0.222. The molecule has 0 aromatic heterocycles. The first kappa shape index (κ1) is 13.7. The van der Waals surface area contributed by atoms with Crippen molar-refractivity contribution in [2.75, 3.05) is 12.1 Å². The van der Waals surface area contributed by atoms with Gasteiger partial charge in [0.05, 0.1) is 17.4 Å². The largest absolute Gasteiger partial charge is 0.458 e. The van der Waals surface area contributed by atoms with E-state index in [1.54, 1.807) is 0 Å². The highest BCUT2D eigenvalue weighted by Crippen LogP contribution is 2.33. The summed E-state index contributed by atoms with van der Waals surface area (Å²) in [6.45, 7) is 4.26. The predicted octanol–water partition coefficient (Wildman–Crippen LogP) is 4.05. The number of hydrazine groups is 1. The Morgan fingerprint density at radius 2 is 1.48 bits per heavy atom. The second-order valence-electron chi connectivity index (χ2n) is 5.26. The van der Waals surface area contributed by atoms with Crippen molar-refractivity contribution in [2.45, 2.75) is 19.9 Å². The van der Waals surface area contributed by atoms with Gasteiger partial charge in [-0.15, -0.1) is 0 Å². The summed E-state index contributed by atoms with van der Waals surface area (Å²) in [6.07, 6.45) is 0. The molecule has 2 aromatic carbocycles. The van der Waals surface area contributed by atoms with Crippen LogP contribution in [0.2, 0.25) is 0 Å². The van der Waals surface area contributed by atoms with Crippen LogP contribution in [-0.4, -0.2) is 18.1 Å². The minimum absolute atomic E-state index is 0.199. The van der Waals surface area contributed by atoms with Gasteiger partial charge in [0.1, 0.15) is 11.5 Å². The highest BCUT2D eigenvalue weighted by Gasteiger charge is 2.34. The number of ether oxygens (including phenoxy) is 1. The smallest absolute Gasteiger partial charge is 0.143 e. The third-order valence-corrected chi connectivity index (χ3v) is 3.90. The maximum atomic E-state index is 6.12. The Kier molecular flexibility index (Phi) is 3.67. The number of benzene rings is 2. The summed E-state index contributed by atoms with van der Waals surface area (Å²) in [5.74, 6) is 1.87. The van der Waals surface area contributed by atoms with Gasteiger partial charge >= 0.3 is 0 Å². The summed E-state index contributed by atoms with van der Waals surface area (Å²) < 4.78 is 6.12. The Morgan fingerprint density at radius 3 is 2.10 bits per heavy atom. The van der Waals surface area contributed by atoms with E-state index in [-0.39, 0.29) is 6.04 Å². The van der Waals surface area contributed by atoms with Crippen LogP contribution in [0.5, 0.6) is 5.75 Å². The molecule has 3 rings (SSSR count). The van der Waals surface area contributed by atoms with E-state index in [9.17, 15) is 0 Å². The van der Waals surface area contributed by atoms with E-state index in [1.807, 2.05) is 36.4 Å². The summed E-state index contributed by atoms with van der Waals surface area (Å²) >= 11 is 0. The van der Waals surface area contributed by atoms with Crippen molar-refractivity contribution in [2.24, 2.45) is 0 Å². The molecule has 3 nitrogen and oxygen atoms in total. The molecule has 0 fully saturated rings. The van der Waals surface area contributed by atoms with Crippen molar-refractivity contribution in [3.8, 4) is 5.75 Å². The fourth-order valence-electron chi connectivity index (χ4n) is 2.71. The van der Waals surface area contributed by atoms with Crippen LogP contribution in [-0.2, 0) is 0 Å². The minimum atomic E-state index is 0.199. The number of allylic oxidation sites excluding steroid dienone is 1. The van der Waals surface area contributed by atoms with E-state index in [2.05, 4.69) is 55.2 Å². The van der Waals surface area contributed by atoms with Crippen molar-refractivity contribution in [3.05, 3.63) is 72.1 Å². The average Bonchev–Trinajstić information content (AvgIpc) is 2.73. The van der Waals surface area contributed by atoms with Crippen LogP contribution in [0.15, 0.2) is 72.1 Å². The van der Waals surface area contributed by atoms with E-state index in [4.69, 9.17) is 4.74 Å². The molecule has 1 aliphatic heterocycles. The number of para-hydroxylation sites is 2. The van der Waals surface area contributed by atoms with Gasteiger partial charge in [0, 0.05) is 7.05 Å². The second-order valence-corrected chi connectivity index (χ2v) is 5.26. The Labute approximate surface area is 126 Å². The number of nitrogens with zero attached hydrogens (tertiary/aromatic N) is 2. The Balaban J connectivity index is 1.94. The molecule has 1 unspecified atom stereocenters. The molecule has 1 aliphatic rings. The number of likely N-dealkylation sites (N-methyl/N-ethyl adjacent to an activating group) is 1. The molecule has 0 saturated heterocycles. The molecule has 0 amide bonds.